The van der Waals surface area contributed by atoms with Crippen LogP contribution in [-0.4, -0.2) is 27.8 Å². The SMILES string of the molecule is COc1c(NC(=O)c2ccc(-c3cccc(Br)c3)nc2C)c(C)nn1C. The summed E-state index contributed by atoms with van der Waals surface area (Å²) in [7, 11) is 3.31. The summed E-state index contributed by atoms with van der Waals surface area (Å²) in [5, 5.41) is 7.15. The topological polar surface area (TPSA) is 69.0 Å². The highest BCUT2D eigenvalue weighted by Gasteiger charge is 2.19. The van der Waals surface area contributed by atoms with Crippen LogP contribution in [0.4, 0.5) is 5.69 Å². The van der Waals surface area contributed by atoms with Gasteiger partial charge in [-0.3, -0.25) is 9.78 Å². The van der Waals surface area contributed by atoms with Gasteiger partial charge in [0, 0.05) is 17.1 Å². The fourth-order valence-electron chi connectivity index (χ4n) is 2.81. The lowest BCUT2D eigenvalue weighted by Crippen LogP contribution is -2.15. The number of nitrogens with zero attached hydrogens (tertiary/aromatic N) is 3. The number of nitrogens with one attached hydrogen (secondary N) is 1. The van der Waals surface area contributed by atoms with Crippen LogP contribution >= 0.6 is 15.9 Å². The van der Waals surface area contributed by atoms with Crippen LogP contribution in [-0.2, 0) is 7.05 Å². The number of amides is 1. The summed E-state index contributed by atoms with van der Waals surface area (Å²) in [6, 6.07) is 11.5. The zero-order valence-corrected chi connectivity index (χ0v) is 16.6. The number of methoxy groups -OCH3 is 1. The number of halogens is 1. The molecule has 7 heteroatoms. The van der Waals surface area contributed by atoms with Gasteiger partial charge in [0.1, 0.15) is 5.69 Å². The minimum absolute atomic E-state index is 0.245. The standard InChI is InChI=1S/C19H19BrN4O2/c1-11-15(8-9-16(21-11)13-6-5-7-14(20)10-13)18(25)22-17-12(2)23-24(3)19(17)26-4/h5-10H,1-4H3,(H,22,25). The Morgan fingerprint density at radius 3 is 2.62 bits per heavy atom. The minimum atomic E-state index is -0.245. The first-order valence-corrected chi connectivity index (χ1v) is 8.82. The van der Waals surface area contributed by atoms with Crippen LogP contribution in [0.3, 0.4) is 0 Å². The number of anilines is 1. The average molecular weight is 415 g/mol. The second kappa shape index (κ2) is 7.29. The van der Waals surface area contributed by atoms with Gasteiger partial charge in [-0.05, 0) is 38.1 Å². The van der Waals surface area contributed by atoms with Crippen molar-refractivity contribution >= 4 is 27.5 Å². The van der Waals surface area contributed by atoms with E-state index in [0.717, 1.165) is 15.7 Å². The Labute approximate surface area is 160 Å². The van der Waals surface area contributed by atoms with Gasteiger partial charge in [-0.1, -0.05) is 28.1 Å². The molecule has 0 aliphatic rings. The molecule has 0 bridgehead atoms. The van der Waals surface area contributed by atoms with Crippen molar-refractivity contribution < 1.29 is 9.53 Å². The molecule has 0 aliphatic heterocycles. The van der Waals surface area contributed by atoms with Crippen molar-refractivity contribution in [3.05, 3.63) is 57.8 Å². The minimum Gasteiger partial charge on any atom is -0.480 e. The van der Waals surface area contributed by atoms with E-state index in [1.54, 1.807) is 24.9 Å². The summed E-state index contributed by atoms with van der Waals surface area (Å²) in [4.78, 5) is 17.3. The summed E-state index contributed by atoms with van der Waals surface area (Å²) in [6.45, 7) is 3.64. The zero-order chi connectivity index (χ0) is 18.8. The molecule has 0 saturated heterocycles. The van der Waals surface area contributed by atoms with Gasteiger partial charge in [0.25, 0.3) is 5.91 Å². The average Bonchev–Trinajstić information content (AvgIpc) is 2.87. The molecule has 134 valence electrons. The molecule has 6 nitrogen and oxygen atoms in total. The molecule has 0 radical (unpaired) electrons. The Kier molecular flexibility index (Phi) is 5.08. The van der Waals surface area contributed by atoms with Gasteiger partial charge in [-0.2, -0.15) is 5.10 Å². The third-order valence-corrected chi connectivity index (χ3v) is 4.55. The van der Waals surface area contributed by atoms with Crippen LogP contribution in [0.5, 0.6) is 5.88 Å². The van der Waals surface area contributed by atoms with E-state index in [0.29, 0.717) is 28.5 Å². The van der Waals surface area contributed by atoms with Gasteiger partial charge in [-0.15, -0.1) is 0 Å². The predicted molar refractivity (Wildman–Crippen MR) is 105 cm³/mol. The van der Waals surface area contributed by atoms with E-state index in [-0.39, 0.29) is 5.91 Å². The number of pyridine rings is 1. The summed E-state index contributed by atoms with van der Waals surface area (Å²) in [6.07, 6.45) is 0. The van der Waals surface area contributed by atoms with Gasteiger partial charge < -0.3 is 10.1 Å². The van der Waals surface area contributed by atoms with Gasteiger partial charge in [0.15, 0.2) is 0 Å². The molecule has 0 unspecified atom stereocenters. The van der Waals surface area contributed by atoms with Gasteiger partial charge in [-0.25, -0.2) is 4.68 Å². The second-order valence-electron chi connectivity index (χ2n) is 5.89. The van der Waals surface area contributed by atoms with E-state index in [1.807, 2.05) is 44.2 Å². The molecule has 2 aromatic heterocycles. The first kappa shape index (κ1) is 18.1. The molecule has 0 atom stereocenters. The number of hydrogen-bond acceptors (Lipinski definition) is 4. The third kappa shape index (κ3) is 3.48. The molecule has 1 N–H and O–H groups in total. The number of hydrogen-bond donors (Lipinski definition) is 1. The summed E-state index contributed by atoms with van der Waals surface area (Å²) in [5.41, 5.74) is 4.22. The number of ether oxygens (including phenoxy) is 1. The smallest absolute Gasteiger partial charge is 0.257 e. The van der Waals surface area contributed by atoms with Gasteiger partial charge in [0.2, 0.25) is 5.88 Å². The van der Waals surface area contributed by atoms with E-state index in [9.17, 15) is 4.79 Å². The summed E-state index contributed by atoms with van der Waals surface area (Å²) in [5.74, 6) is 0.261. The number of aromatic nitrogens is 3. The Morgan fingerprint density at radius 1 is 1.19 bits per heavy atom. The Bertz CT molecular complexity index is 982. The highest BCUT2D eigenvalue weighted by atomic mass is 79.9. The lowest BCUT2D eigenvalue weighted by molar-refractivity contribution is 0.102. The highest BCUT2D eigenvalue weighted by Crippen LogP contribution is 2.28. The lowest BCUT2D eigenvalue weighted by Gasteiger charge is -2.10. The Balaban J connectivity index is 1.89. The maximum Gasteiger partial charge on any atom is 0.257 e. The number of aryl methyl sites for hydroxylation is 3. The summed E-state index contributed by atoms with van der Waals surface area (Å²) < 4.78 is 7.89. The first-order valence-electron chi connectivity index (χ1n) is 8.03. The van der Waals surface area contributed by atoms with Crippen LogP contribution in [0.1, 0.15) is 21.7 Å². The molecule has 3 aromatic rings. The van der Waals surface area contributed by atoms with Crippen molar-refractivity contribution in [2.45, 2.75) is 13.8 Å². The van der Waals surface area contributed by atoms with Crippen molar-refractivity contribution in [2.75, 3.05) is 12.4 Å². The number of benzene rings is 1. The van der Waals surface area contributed by atoms with Crippen LogP contribution in [0, 0.1) is 13.8 Å². The molecule has 26 heavy (non-hydrogen) atoms. The zero-order valence-electron chi connectivity index (χ0n) is 15.0. The van der Waals surface area contributed by atoms with Crippen LogP contribution in [0.15, 0.2) is 40.9 Å². The van der Waals surface area contributed by atoms with Crippen LogP contribution in [0.25, 0.3) is 11.3 Å². The van der Waals surface area contributed by atoms with Gasteiger partial charge in [0.05, 0.1) is 29.8 Å². The molecule has 1 amide bonds. The number of carbonyl (C=O) groups is 1. The molecule has 0 saturated carbocycles. The third-order valence-electron chi connectivity index (χ3n) is 4.05. The van der Waals surface area contributed by atoms with E-state index in [4.69, 9.17) is 4.74 Å². The van der Waals surface area contributed by atoms with E-state index >= 15 is 0 Å². The van der Waals surface area contributed by atoms with Gasteiger partial charge >= 0.3 is 0 Å². The summed E-state index contributed by atoms with van der Waals surface area (Å²) >= 11 is 3.46. The molecule has 1 aromatic carbocycles. The lowest BCUT2D eigenvalue weighted by atomic mass is 10.1. The molecular weight excluding hydrogens is 396 g/mol. The molecule has 2 heterocycles. The normalized spacial score (nSPS) is 10.7. The van der Waals surface area contributed by atoms with Crippen molar-refractivity contribution in [2.24, 2.45) is 7.05 Å². The molecule has 0 spiro atoms. The van der Waals surface area contributed by atoms with Crippen molar-refractivity contribution in [1.82, 2.24) is 14.8 Å². The quantitative estimate of drug-likeness (QED) is 0.696. The first-order chi connectivity index (χ1) is 12.4. The van der Waals surface area contributed by atoms with Crippen molar-refractivity contribution in [1.29, 1.82) is 0 Å². The Hall–Kier alpha value is -2.67. The Morgan fingerprint density at radius 2 is 1.96 bits per heavy atom. The van der Waals surface area contributed by atoms with Crippen LogP contribution < -0.4 is 10.1 Å². The van der Waals surface area contributed by atoms with Crippen molar-refractivity contribution in [3.8, 4) is 17.1 Å². The predicted octanol–water partition coefficient (Wildman–Crippen LogP) is 4.12. The maximum absolute atomic E-state index is 12.7. The fourth-order valence-corrected chi connectivity index (χ4v) is 3.20. The van der Waals surface area contributed by atoms with E-state index in [1.165, 1.54) is 0 Å². The molecule has 0 aliphatic carbocycles. The van der Waals surface area contributed by atoms with Crippen molar-refractivity contribution in [3.63, 3.8) is 0 Å². The number of carbonyl (C=O) groups excluding carboxylic acids is 1. The highest BCUT2D eigenvalue weighted by molar-refractivity contribution is 9.10. The van der Waals surface area contributed by atoms with Crippen LogP contribution in [0.2, 0.25) is 0 Å². The van der Waals surface area contributed by atoms with E-state index in [2.05, 4.69) is 31.3 Å². The van der Waals surface area contributed by atoms with E-state index < -0.39 is 0 Å². The molecular formula is C19H19BrN4O2. The monoisotopic (exact) mass is 414 g/mol. The fraction of sp³-hybridized carbons (Fsp3) is 0.211. The molecule has 3 rings (SSSR count). The number of rotatable bonds is 4. The second-order valence-corrected chi connectivity index (χ2v) is 6.80. The molecule has 0 fully saturated rings. The largest absolute Gasteiger partial charge is 0.480 e. The maximum atomic E-state index is 12.7.